The third-order valence-corrected chi connectivity index (χ3v) is 12.6. The van der Waals surface area contributed by atoms with Gasteiger partial charge in [-0.1, -0.05) is 25.0 Å². The Kier molecular flexibility index (Phi) is 10.4. The average molecular weight is 755 g/mol. The highest BCUT2D eigenvalue weighted by molar-refractivity contribution is 7.91. The van der Waals surface area contributed by atoms with Gasteiger partial charge in [-0.05, 0) is 85.3 Å². The van der Waals surface area contributed by atoms with E-state index < -0.39 is 73.8 Å². The Morgan fingerprint density at radius 1 is 1.08 bits per heavy atom. The number of nitrogens with zero attached hydrogens (tertiary/aromatic N) is 3. The van der Waals surface area contributed by atoms with Crippen molar-refractivity contribution in [1.82, 2.24) is 30.2 Å². The van der Waals surface area contributed by atoms with Gasteiger partial charge in [-0.2, -0.15) is 0 Å². The van der Waals surface area contributed by atoms with Gasteiger partial charge >= 0.3 is 6.09 Å². The molecule has 0 bridgehead atoms. The number of aryl methyl sites for hydroxylation is 1. The lowest BCUT2D eigenvalue weighted by atomic mass is 10.0. The number of alkyl carbamates (subject to hydrolysis) is 1. The van der Waals surface area contributed by atoms with Crippen LogP contribution in [0.5, 0.6) is 11.6 Å². The summed E-state index contributed by atoms with van der Waals surface area (Å²) in [5.74, 6) is -1.58. The maximum absolute atomic E-state index is 14.4. The first-order valence-corrected chi connectivity index (χ1v) is 19.8. The fourth-order valence-corrected chi connectivity index (χ4v) is 8.21. The maximum Gasteiger partial charge on any atom is 0.408 e. The quantitative estimate of drug-likeness (QED) is 0.350. The van der Waals surface area contributed by atoms with Crippen LogP contribution in [-0.4, -0.2) is 94.8 Å². The minimum atomic E-state index is -3.99. The van der Waals surface area contributed by atoms with Gasteiger partial charge in [0.1, 0.15) is 40.8 Å². The number of allylic oxidation sites excluding steroid dienone is 1. The SMILES string of the molecule is COc1ccc2nc(C)c(O[C@@H]3C[C@H]4C(=O)N[C@]5(C(=O)NS(=O)(=O)C6(C)CC6)C[C@H]5/C=C/CCCCC[C@H](NC(=O)OC(C)(C)C)C(=O)N4C3)nc2c1. The van der Waals surface area contributed by atoms with E-state index in [0.29, 0.717) is 54.6 Å². The number of methoxy groups -OCH3 is 1. The second-order valence-corrected chi connectivity index (χ2v) is 18.1. The second-order valence-electron chi connectivity index (χ2n) is 15.9. The maximum atomic E-state index is 14.4. The van der Waals surface area contributed by atoms with Crippen molar-refractivity contribution in [2.24, 2.45) is 5.92 Å². The molecule has 2 aliphatic carbocycles. The van der Waals surface area contributed by atoms with Crippen LogP contribution in [0, 0.1) is 12.8 Å². The molecule has 1 saturated heterocycles. The summed E-state index contributed by atoms with van der Waals surface area (Å²) < 4.78 is 44.6. The van der Waals surface area contributed by atoms with Crippen LogP contribution in [0.3, 0.4) is 0 Å². The van der Waals surface area contributed by atoms with Crippen LogP contribution in [0.1, 0.15) is 91.2 Å². The molecule has 0 radical (unpaired) electrons. The molecule has 5 atom stereocenters. The minimum absolute atomic E-state index is 0.0303. The van der Waals surface area contributed by atoms with Gasteiger partial charge in [0.05, 0.1) is 29.4 Å². The molecule has 15 nitrogen and oxygen atoms in total. The number of benzene rings is 1. The van der Waals surface area contributed by atoms with E-state index in [0.717, 1.165) is 12.8 Å². The molecule has 288 valence electrons. The Labute approximate surface area is 310 Å². The van der Waals surface area contributed by atoms with Crippen LogP contribution in [0.25, 0.3) is 11.0 Å². The first-order chi connectivity index (χ1) is 24.9. The van der Waals surface area contributed by atoms with Crippen LogP contribution in [-0.2, 0) is 29.1 Å². The molecular weight excluding hydrogens is 705 g/mol. The molecular formula is C37H50N6O9S. The Balaban J connectivity index is 1.31. The number of carbonyl (C=O) groups excluding carboxylic acids is 4. The van der Waals surface area contributed by atoms with E-state index in [9.17, 15) is 27.6 Å². The molecule has 2 aliphatic heterocycles. The normalized spacial score (nSPS) is 27.9. The summed E-state index contributed by atoms with van der Waals surface area (Å²) in [4.78, 5) is 66.2. The molecule has 1 aromatic heterocycles. The fraction of sp³-hybridized carbons (Fsp3) is 0.622. The molecule has 2 saturated carbocycles. The van der Waals surface area contributed by atoms with E-state index in [1.165, 1.54) is 4.90 Å². The van der Waals surface area contributed by atoms with Crippen molar-refractivity contribution >= 4 is 44.9 Å². The second kappa shape index (κ2) is 14.4. The molecule has 53 heavy (non-hydrogen) atoms. The van der Waals surface area contributed by atoms with E-state index in [4.69, 9.17) is 14.2 Å². The zero-order valence-electron chi connectivity index (χ0n) is 31.2. The number of nitrogens with one attached hydrogen (secondary N) is 3. The van der Waals surface area contributed by atoms with Crippen LogP contribution in [0.2, 0.25) is 0 Å². The minimum Gasteiger partial charge on any atom is -0.497 e. The van der Waals surface area contributed by atoms with Crippen LogP contribution in [0.15, 0.2) is 30.4 Å². The fourth-order valence-electron chi connectivity index (χ4n) is 6.90. The highest BCUT2D eigenvalue weighted by Crippen LogP contribution is 2.47. The van der Waals surface area contributed by atoms with Crippen LogP contribution < -0.4 is 24.8 Å². The Hall–Kier alpha value is -4.47. The van der Waals surface area contributed by atoms with E-state index in [2.05, 4.69) is 25.3 Å². The van der Waals surface area contributed by atoms with Crippen molar-refractivity contribution in [3.8, 4) is 11.6 Å². The van der Waals surface area contributed by atoms with Gasteiger partial charge in [-0.15, -0.1) is 0 Å². The van der Waals surface area contributed by atoms with Crippen molar-refractivity contribution in [2.75, 3.05) is 13.7 Å². The first kappa shape index (κ1) is 38.3. The standard InChI is InChI=1S/C37H50N6O9S/c1-22-31(39-28-18-24(50-6)14-15-26(28)38-22)51-25-19-29-30(44)41-37(33(46)42-53(48,49)36(5)16-17-36)20-23(37)12-10-8-7-9-11-13-27(32(45)43(29)21-25)40-34(47)52-35(2,3)4/h10,12,14-15,18,23,25,27,29H,7-9,11,13,16-17,19-21H2,1-6H3,(H,40,47)(H,41,44)(H,42,46)/b12-10+/t23-,25-,27+,29+,37-/m1/s1. The molecule has 1 aromatic carbocycles. The van der Waals surface area contributed by atoms with Gasteiger partial charge in [0.25, 0.3) is 5.91 Å². The molecule has 3 heterocycles. The zero-order valence-corrected chi connectivity index (χ0v) is 32.0. The molecule has 6 rings (SSSR count). The summed E-state index contributed by atoms with van der Waals surface area (Å²) in [6, 6.07) is 3.16. The summed E-state index contributed by atoms with van der Waals surface area (Å²) in [5, 5.41) is 5.61. The lowest BCUT2D eigenvalue weighted by Crippen LogP contribution is -2.58. The zero-order chi connectivity index (χ0) is 38.3. The summed E-state index contributed by atoms with van der Waals surface area (Å²) in [5.41, 5.74) is -0.662. The summed E-state index contributed by atoms with van der Waals surface area (Å²) >= 11 is 0. The number of hydrogen-bond acceptors (Lipinski definition) is 11. The molecule has 3 N–H and O–H groups in total. The smallest absolute Gasteiger partial charge is 0.408 e. The van der Waals surface area contributed by atoms with Crippen molar-refractivity contribution in [1.29, 1.82) is 0 Å². The highest BCUT2D eigenvalue weighted by atomic mass is 32.2. The van der Waals surface area contributed by atoms with E-state index in [1.54, 1.807) is 59.9 Å². The number of amides is 4. The van der Waals surface area contributed by atoms with Gasteiger partial charge in [0.2, 0.25) is 27.7 Å². The Morgan fingerprint density at radius 3 is 2.53 bits per heavy atom. The number of ether oxygens (including phenoxy) is 3. The lowest BCUT2D eigenvalue weighted by Gasteiger charge is -2.30. The number of sulfonamides is 1. The van der Waals surface area contributed by atoms with Crippen LogP contribution >= 0.6 is 0 Å². The largest absolute Gasteiger partial charge is 0.497 e. The number of hydrogen-bond donors (Lipinski definition) is 3. The number of rotatable bonds is 7. The third kappa shape index (κ3) is 8.36. The van der Waals surface area contributed by atoms with Crippen molar-refractivity contribution in [3.63, 3.8) is 0 Å². The monoisotopic (exact) mass is 754 g/mol. The van der Waals surface area contributed by atoms with Gasteiger partial charge in [-0.25, -0.2) is 23.2 Å². The summed E-state index contributed by atoms with van der Waals surface area (Å²) in [7, 11) is -2.44. The first-order valence-electron chi connectivity index (χ1n) is 18.3. The topological polar surface area (TPSA) is 195 Å². The predicted octanol–water partition coefficient (Wildman–Crippen LogP) is 3.58. The van der Waals surface area contributed by atoms with Crippen LogP contribution in [0.4, 0.5) is 4.79 Å². The van der Waals surface area contributed by atoms with E-state index >= 15 is 0 Å². The van der Waals surface area contributed by atoms with Gasteiger partial charge in [0, 0.05) is 18.4 Å². The Bertz CT molecular complexity index is 1920. The molecule has 4 aliphatic rings. The predicted molar refractivity (Wildman–Crippen MR) is 194 cm³/mol. The molecule has 16 heteroatoms. The molecule has 4 amide bonds. The summed E-state index contributed by atoms with van der Waals surface area (Å²) in [6.45, 7) is 8.47. The van der Waals surface area contributed by atoms with Crippen molar-refractivity contribution in [2.45, 2.75) is 126 Å². The van der Waals surface area contributed by atoms with Gasteiger partial charge in [-0.3, -0.25) is 19.1 Å². The van der Waals surface area contributed by atoms with Crippen molar-refractivity contribution < 1.29 is 41.8 Å². The lowest BCUT2D eigenvalue weighted by molar-refractivity contribution is -0.141. The summed E-state index contributed by atoms with van der Waals surface area (Å²) in [6.07, 6.45) is 6.58. The number of fused-ring (bicyclic) bond motifs is 3. The third-order valence-electron chi connectivity index (χ3n) is 10.4. The molecule has 2 aromatic rings. The average Bonchev–Trinajstić information content (AvgIpc) is 3.96. The number of carbonyl (C=O) groups is 4. The molecule has 0 unspecified atom stereocenters. The number of aromatic nitrogens is 2. The van der Waals surface area contributed by atoms with E-state index in [1.807, 2.05) is 12.2 Å². The molecule has 0 spiro atoms. The highest BCUT2D eigenvalue weighted by Gasteiger charge is 2.63. The van der Waals surface area contributed by atoms with Gasteiger partial charge < -0.3 is 29.7 Å². The Morgan fingerprint density at radius 2 is 1.83 bits per heavy atom. The van der Waals surface area contributed by atoms with Crippen molar-refractivity contribution in [3.05, 3.63) is 36.0 Å². The van der Waals surface area contributed by atoms with E-state index in [-0.39, 0.29) is 25.3 Å². The van der Waals surface area contributed by atoms with Gasteiger partial charge in [0.15, 0.2) is 0 Å². The molecule has 3 fully saturated rings.